The minimum atomic E-state index is -3.49. The average molecular weight is 298 g/mol. The zero-order valence-corrected chi connectivity index (χ0v) is 12.8. The summed E-state index contributed by atoms with van der Waals surface area (Å²) in [7, 11) is -1.45. The molecule has 1 aromatic rings. The van der Waals surface area contributed by atoms with Crippen molar-refractivity contribution in [3.05, 3.63) is 29.3 Å². The number of likely N-dealkylation sites (tertiary alicyclic amines) is 1. The first-order chi connectivity index (χ1) is 9.42. The quantitative estimate of drug-likeness (QED) is 0.840. The number of benzene rings is 1. The van der Waals surface area contributed by atoms with Crippen LogP contribution in [0.4, 0.5) is 0 Å². The van der Waals surface area contributed by atoms with Crippen molar-refractivity contribution in [3.8, 4) is 0 Å². The SMILES string of the molecule is Cc1ccc(S(=O)(=O)NCC2CCN(C)C2)cc1CO. The molecule has 1 unspecified atom stereocenters. The maximum atomic E-state index is 12.2. The molecule has 0 bridgehead atoms. The number of nitrogens with zero attached hydrogens (tertiary/aromatic N) is 1. The highest BCUT2D eigenvalue weighted by atomic mass is 32.2. The fourth-order valence-corrected chi connectivity index (χ4v) is 3.66. The number of nitrogens with one attached hydrogen (secondary N) is 1. The van der Waals surface area contributed by atoms with E-state index >= 15 is 0 Å². The first kappa shape index (κ1) is 15.4. The Bertz CT molecular complexity index is 572. The standard InChI is InChI=1S/C14H22N2O3S/c1-11-3-4-14(7-13(11)10-17)20(18,19)15-8-12-5-6-16(2)9-12/h3-4,7,12,15,17H,5-6,8-10H2,1-2H3. The molecule has 0 saturated carbocycles. The first-order valence-electron chi connectivity index (χ1n) is 6.81. The summed E-state index contributed by atoms with van der Waals surface area (Å²) in [5, 5.41) is 9.22. The van der Waals surface area contributed by atoms with Crippen molar-refractivity contribution in [2.24, 2.45) is 5.92 Å². The zero-order chi connectivity index (χ0) is 14.8. The minimum absolute atomic E-state index is 0.150. The van der Waals surface area contributed by atoms with Gasteiger partial charge in [-0.25, -0.2) is 13.1 Å². The third kappa shape index (κ3) is 3.58. The summed E-state index contributed by atoms with van der Waals surface area (Å²) in [5.41, 5.74) is 1.54. The fraction of sp³-hybridized carbons (Fsp3) is 0.571. The summed E-state index contributed by atoms with van der Waals surface area (Å²) in [6.07, 6.45) is 1.02. The number of hydrogen-bond acceptors (Lipinski definition) is 4. The summed E-state index contributed by atoms with van der Waals surface area (Å²) in [5.74, 6) is 0.373. The van der Waals surface area contributed by atoms with Crippen molar-refractivity contribution in [2.75, 3.05) is 26.7 Å². The van der Waals surface area contributed by atoms with Crippen LogP contribution in [-0.2, 0) is 16.6 Å². The third-order valence-electron chi connectivity index (χ3n) is 3.85. The van der Waals surface area contributed by atoms with Crippen LogP contribution in [0.25, 0.3) is 0 Å². The number of sulfonamides is 1. The molecule has 1 saturated heterocycles. The van der Waals surface area contributed by atoms with Gasteiger partial charge in [0.25, 0.3) is 0 Å². The summed E-state index contributed by atoms with van der Waals surface area (Å²) in [6, 6.07) is 4.85. The summed E-state index contributed by atoms with van der Waals surface area (Å²) >= 11 is 0. The molecule has 5 nitrogen and oxygen atoms in total. The Morgan fingerprint density at radius 2 is 2.20 bits per heavy atom. The van der Waals surface area contributed by atoms with Gasteiger partial charge in [0.1, 0.15) is 0 Å². The predicted octanol–water partition coefficient (Wildman–Crippen LogP) is 0.717. The molecule has 0 amide bonds. The molecule has 6 heteroatoms. The summed E-state index contributed by atoms with van der Waals surface area (Å²) in [4.78, 5) is 2.42. The van der Waals surface area contributed by atoms with Crippen LogP contribution in [0.15, 0.2) is 23.1 Å². The van der Waals surface area contributed by atoms with E-state index in [-0.39, 0.29) is 11.5 Å². The van der Waals surface area contributed by atoms with E-state index < -0.39 is 10.0 Å². The molecule has 1 fully saturated rings. The molecule has 1 aromatic carbocycles. The Balaban J connectivity index is 2.06. The predicted molar refractivity (Wildman–Crippen MR) is 77.9 cm³/mol. The summed E-state index contributed by atoms with van der Waals surface area (Å²) in [6.45, 7) is 4.12. The summed E-state index contributed by atoms with van der Waals surface area (Å²) < 4.78 is 27.2. The van der Waals surface area contributed by atoms with Crippen LogP contribution >= 0.6 is 0 Å². The molecule has 2 rings (SSSR count). The van der Waals surface area contributed by atoms with Crippen molar-refractivity contribution in [3.63, 3.8) is 0 Å². The van der Waals surface area contributed by atoms with Gasteiger partial charge in [-0.3, -0.25) is 0 Å². The monoisotopic (exact) mass is 298 g/mol. The van der Waals surface area contributed by atoms with Gasteiger partial charge in [0, 0.05) is 13.1 Å². The van der Waals surface area contributed by atoms with Crippen LogP contribution in [0.1, 0.15) is 17.5 Å². The van der Waals surface area contributed by atoms with Crippen LogP contribution in [0.5, 0.6) is 0 Å². The number of aliphatic hydroxyl groups is 1. The Morgan fingerprint density at radius 3 is 2.80 bits per heavy atom. The normalized spacial score (nSPS) is 20.4. The highest BCUT2D eigenvalue weighted by molar-refractivity contribution is 7.89. The Hall–Kier alpha value is -0.950. The zero-order valence-electron chi connectivity index (χ0n) is 12.0. The van der Waals surface area contributed by atoms with Crippen molar-refractivity contribution < 1.29 is 13.5 Å². The molecular formula is C14H22N2O3S. The van der Waals surface area contributed by atoms with Crippen molar-refractivity contribution in [1.29, 1.82) is 0 Å². The van der Waals surface area contributed by atoms with Gasteiger partial charge in [-0.2, -0.15) is 0 Å². The number of rotatable bonds is 5. The number of hydrogen-bond donors (Lipinski definition) is 2. The molecule has 1 heterocycles. The maximum Gasteiger partial charge on any atom is 0.240 e. The van der Waals surface area contributed by atoms with Gasteiger partial charge in [0.2, 0.25) is 10.0 Å². The van der Waals surface area contributed by atoms with Gasteiger partial charge in [-0.15, -0.1) is 0 Å². The first-order valence-corrected chi connectivity index (χ1v) is 8.29. The number of aryl methyl sites for hydroxylation is 1. The second-order valence-electron chi connectivity index (χ2n) is 5.52. The molecule has 2 N–H and O–H groups in total. The largest absolute Gasteiger partial charge is 0.392 e. The van der Waals surface area contributed by atoms with Crippen molar-refractivity contribution in [1.82, 2.24) is 9.62 Å². The van der Waals surface area contributed by atoms with Gasteiger partial charge in [0.15, 0.2) is 0 Å². The minimum Gasteiger partial charge on any atom is -0.392 e. The van der Waals surface area contributed by atoms with E-state index in [1.54, 1.807) is 18.2 Å². The van der Waals surface area contributed by atoms with E-state index in [0.717, 1.165) is 25.1 Å². The second-order valence-corrected chi connectivity index (χ2v) is 7.28. The Morgan fingerprint density at radius 1 is 1.45 bits per heavy atom. The fourth-order valence-electron chi connectivity index (χ4n) is 2.49. The molecule has 20 heavy (non-hydrogen) atoms. The van der Waals surface area contributed by atoms with Gasteiger partial charge < -0.3 is 10.0 Å². The van der Waals surface area contributed by atoms with E-state index in [0.29, 0.717) is 18.0 Å². The lowest BCUT2D eigenvalue weighted by Crippen LogP contribution is -2.30. The van der Waals surface area contributed by atoms with Crippen molar-refractivity contribution in [2.45, 2.75) is 24.8 Å². The molecule has 0 spiro atoms. The number of aliphatic hydroxyl groups excluding tert-OH is 1. The highest BCUT2D eigenvalue weighted by Gasteiger charge is 2.22. The maximum absolute atomic E-state index is 12.2. The van der Waals surface area contributed by atoms with Crippen LogP contribution in [0.3, 0.4) is 0 Å². The molecule has 1 atom stereocenters. The average Bonchev–Trinajstić information content (AvgIpc) is 2.83. The van der Waals surface area contributed by atoms with Crippen LogP contribution < -0.4 is 4.72 Å². The van der Waals surface area contributed by atoms with Crippen LogP contribution in [-0.4, -0.2) is 45.1 Å². The van der Waals surface area contributed by atoms with Crippen LogP contribution in [0.2, 0.25) is 0 Å². The van der Waals surface area contributed by atoms with Gasteiger partial charge in [-0.05, 0) is 56.1 Å². The Kier molecular flexibility index (Phi) is 4.80. The lowest BCUT2D eigenvalue weighted by atomic mass is 10.1. The lowest BCUT2D eigenvalue weighted by Gasteiger charge is -2.13. The van der Waals surface area contributed by atoms with Gasteiger partial charge in [0.05, 0.1) is 11.5 Å². The second kappa shape index (κ2) is 6.22. The van der Waals surface area contributed by atoms with E-state index in [4.69, 9.17) is 0 Å². The molecule has 0 radical (unpaired) electrons. The molecule has 112 valence electrons. The highest BCUT2D eigenvalue weighted by Crippen LogP contribution is 2.17. The van der Waals surface area contributed by atoms with Gasteiger partial charge in [-0.1, -0.05) is 6.07 Å². The molecule has 0 aliphatic carbocycles. The van der Waals surface area contributed by atoms with Crippen LogP contribution in [0, 0.1) is 12.8 Å². The molecule has 1 aliphatic heterocycles. The topological polar surface area (TPSA) is 69.6 Å². The third-order valence-corrected chi connectivity index (χ3v) is 5.27. The molecule has 0 aromatic heterocycles. The van der Waals surface area contributed by atoms with Gasteiger partial charge >= 0.3 is 0 Å². The smallest absolute Gasteiger partial charge is 0.240 e. The lowest BCUT2D eigenvalue weighted by molar-refractivity contribution is 0.280. The van der Waals surface area contributed by atoms with Crippen molar-refractivity contribution >= 4 is 10.0 Å². The Labute approximate surface area is 120 Å². The molecule has 1 aliphatic rings. The van der Waals surface area contributed by atoms with E-state index in [9.17, 15) is 13.5 Å². The van der Waals surface area contributed by atoms with E-state index in [1.165, 1.54) is 0 Å². The molecular weight excluding hydrogens is 276 g/mol. The van der Waals surface area contributed by atoms with E-state index in [2.05, 4.69) is 9.62 Å². The van der Waals surface area contributed by atoms with E-state index in [1.807, 2.05) is 14.0 Å².